The number of ether oxygens (including phenoxy) is 1. The third-order valence-corrected chi connectivity index (χ3v) is 3.12. The zero-order valence-corrected chi connectivity index (χ0v) is 11.5. The number of halogens is 2. The molecule has 0 atom stereocenters. The molecule has 2 aromatic rings. The standard InChI is InChI=1S/C11H10ClIN2O/c1-16-5-7-4-10(14)8-2-6(13)3-9(12)11(8)15-7/h2-4H,5H2,1H3,(H2,14,15). The number of nitrogens with two attached hydrogens (primary N) is 1. The van der Waals surface area contributed by atoms with Crippen LogP contribution in [-0.2, 0) is 11.3 Å². The molecule has 0 aliphatic rings. The van der Waals surface area contributed by atoms with Crippen LogP contribution in [0.15, 0.2) is 18.2 Å². The molecule has 84 valence electrons. The van der Waals surface area contributed by atoms with Crippen LogP contribution in [0.4, 0.5) is 5.69 Å². The first-order valence-corrected chi connectivity index (χ1v) is 6.10. The van der Waals surface area contributed by atoms with E-state index in [1.807, 2.05) is 18.2 Å². The van der Waals surface area contributed by atoms with Gasteiger partial charge in [-0.2, -0.15) is 0 Å². The highest BCUT2D eigenvalue weighted by atomic mass is 127. The summed E-state index contributed by atoms with van der Waals surface area (Å²) in [5.41, 5.74) is 8.16. The highest BCUT2D eigenvalue weighted by molar-refractivity contribution is 14.1. The maximum Gasteiger partial charge on any atom is 0.0913 e. The second-order valence-electron chi connectivity index (χ2n) is 3.42. The summed E-state index contributed by atoms with van der Waals surface area (Å²) in [6.07, 6.45) is 0. The Bertz CT molecular complexity index is 545. The summed E-state index contributed by atoms with van der Waals surface area (Å²) in [5, 5.41) is 1.50. The Morgan fingerprint density at radius 2 is 2.19 bits per heavy atom. The van der Waals surface area contributed by atoms with Crippen LogP contribution in [0.3, 0.4) is 0 Å². The summed E-state index contributed by atoms with van der Waals surface area (Å²) in [6.45, 7) is 0.433. The average Bonchev–Trinajstić information content (AvgIpc) is 2.20. The number of nitrogens with zero attached hydrogens (tertiary/aromatic N) is 1. The van der Waals surface area contributed by atoms with Gasteiger partial charge < -0.3 is 10.5 Å². The van der Waals surface area contributed by atoms with Crippen molar-refractivity contribution >= 4 is 50.8 Å². The molecular weight excluding hydrogens is 338 g/mol. The van der Waals surface area contributed by atoms with Gasteiger partial charge in [0.15, 0.2) is 0 Å². The topological polar surface area (TPSA) is 48.1 Å². The lowest BCUT2D eigenvalue weighted by molar-refractivity contribution is 0.182. The third kappa shape index (κ3) is 2.23. The Balaban J connectivity index is 2.71. The second-order valence-corrected chi connectivity index (χ2v) is 5.07. The number of rotatable bonds is 2. The van der Waals surface area contributed by atoms with E-state index in [9.17, 15) is 0 Å². The van der Waals surface area contributed by atoms with Gasteiger partial charge in [0.05, 0.1) is 22.8 Å². The summed E-state index contributed by atoms with van der Waals surface area (Å²) < 4.78 is 6.08. The molecule has 2 rings (SSSR count). The van der Waals surface area contributed by atoms with Gasteiger partial charge in [0.1, 0.15) is 0 Å². The Hall–Kier alpha value is -0.590. The normalized spacial score (nSPS) is 10.9. The molecule has 1 heterocycles. The average molecular weight is 349 g/mol. The summed E-state index contributed by atoms with van der Waals surface area (Å²) in [4.78, 5) is 4.43. The second kappa shape index (κ2) is 4.73. The minimum Gasteiger partial charge on any atom is -0.398 e. The third-order valence-electron chi connectivity index (χ3n) is 2.21. The lowest BCUT2D eigenvalue weighted by Gasteiger charge is -2.07. The Morgan fingerprint density at radius 3 is 2.88 bits per heavy atom. The minimum atomic E-state index is 0.433. The van der Waals surface area contributed by atoms with Crippen molar-refractivity contribution in [2.75, 3.05) is 12.8 Å². The van der Waals surface area contributed by atoms with Gasteiger partial charge in [-0.1, -0.05) is 11.6 Å². The number of anilines is 1. The number of aromatic nitrogens is 1. The van der Waals surface area contributed by atoms with Crippen molar-refractivity contribution in [1.82, 2.24) is 4.98 Å². The summed E-state index contributed by atoms with van der Waals surface area (Å²) in [6, 6.07) is 5.66. The Morgan fingerprint density at radius 1 is 1.44 bits per heavy atom. The monoisotopic (exact) mass is 348 g/mol. The number of benzene rings is 1. The van der Waals surface area contributed by atoms with Gasteiger partial charge in [0, 0.05) is 21.8 Å². The zero-order chi connectivity index (χ0) is 11.7. The molecule has 0 saturated heterocycles. The molecule has 1 aromatic heterocycles. The highest BCUT2D eigenvalue weighted by Gasteiger charge is 2.08. The molecule has 0 spiro atoms. The SMILES string of the molecule is COCc1cc(N)c2cc(I)cc(Cl)c2n1. The van der Waals surface area contributed by atoms with Crippen molar-refractivity contribution in [2.24, 2.45) is 0 Å². The van der Waals surface area contributed by atoms with Crippen LogP contribution in [0.5, 0.6) is 0 Å². The Labute approximate surface area is 112 Å². The molecule has 5 heteroatoms. The van der Waals surface area contributed by atoms with Gasteiger partial charge >= 0.3 is 0 Å². The molecule has 0 aliphatic carbocycles. The van der Waals surface area contributed by atoms with Crippen LogP contribution in [0, 0.1) is 3.57 Å². The molecule has 0 aliphatic heterocycles. The van der Waals surface area contributed by atoms with E-state index >= 15 is 0 Å². The minimum absolute atomic E-state index is 0.433. The predicted molar refractivity (Wildman–Crippen MR) is 74.6 cm³/mol. The maximum atomic E-state index is 6.14. The molecule has 0 unspecified atom stereocenters. The first-order valence-electron chi connectivity index (χ1n) is 4.65. The van der Waals surface area contributed by atoms with Crippen molar-refractivity contribution in [3.8, 4) is 0 Å². The van der Waals surface area contributed by atoms with Gasteiger partial charge in [-0.25, -0.2) is 4.98 Å². The van der Waals surface area contributed by atoms with E-state index in [-0.39, 0.29) is 0 Å². The molecule has 0 amide bonds. The lowest BCUT2D eigenvalue weighted by atomic mass is 10.1. The van der Waals surface area contributed by atoms with Crippen LogP contribution in [0.2, 0.25) is 5.02 Å². The van der Waals surface area contributed by atoms with Crippen molar-refractivity contribution in [3.05, 3.63) is 32.5 Å². The van der Waals surface area contributed by atoms with Gasteiger partial charge in [0.2, 0.25) is 0 Å². The molecule has 2 N–H and O–H groups in total. The summed E-state index contributed by atoms with van der Waals surface area (Å²) >= 11 is 8.35. The fourth-order valence-electron chi connectivity index (χ4n) is 1.55. The largest absolute Gasteiger partial charge is 0.398 e. The van der Waals surface area contributed by atoms with Crippen molar-refractivity contribution in [3.63, 3.8) is 0 Å². The molecule has 0 bridgehead atoms. The number of methoxy groups -OCH3 is 1. The van der Waals surface area contributed by atoms with E-state index < -0.39 is 0 Å². The summed E-state index contributed by atoms with van der Waals surface area (Å²) in [5.74, 6) is 0. The van der Waals surface area contributed by atoms with Crippen LogP contribution < -0.4 is 5.73 Å². The van der Waals surface area contributed by atoms with Gasteiger partial charge in [0.25, 0.3) is 0 Å². The first kappa shape index (κ1) is 11.9. The smallest absolute Gasteiger partial charge is 0.0913 e. The lowest BCUT2D eigenvalue weighted by Crippen LogP contribution is -1.98. The number of hydrogen-bond acceptors (Lipinski definition) is 3. The fourth-order valence-corrected chi connectivity index (χ4v) is 2.62. The maximum absolute atomic E-state index is 6.14. The molecule has 0 saturated carbocycles. The van der Waals surface area contributed by atoms with Gasteiger partial charge in [-0.3, -0.25) is 0 Å². The first-order chi connectivity index (χ1) is 7.61. The molecular formula is C11H10ClIN2O. The van der Waals surface area contributed by atoms with E-state index in [0.717, 1.165) is 20.2 Å². The highest BCUT2D eigenvalue weighted by Crippen LogP contribution is 2.29. The van der Waals surface area contributed by atoms with Crippen LogP contribution in [0.25, 0.3) is 10.9 Å². The molecule has 16 heavy (non-hydrogen) atoms. The van der Waals surface area contributed by atoms with E-state index in [1.54, 1.807) is 7.11 Å². The van der Waals surface area contributed by atoms with Crippen LogP contribution in [0.1, 0.15) is 5.69 Å². The van der Waals surface area contributed by atoms with E-state index in [1.165, 1.54) is 0 Å². The van der Waals surface area contributed by atoms with E-state index in [0.29, 0.717) is 17.3 Å². The predicted octanol–water partition coefficient (Wildman–Crippen LogP) is 3.22. The fraction of sp³-hybridized carbons (Fsp3) is 0.182. The summed E-state index contributed by atoms with van der Waals surface area (Å²) in [7, 11) is 1.62. The number of fused-ring (bicyclic) bond motifs is 1. The van der Waals surface area contributed by atoms with Gasteiger partial charge in [-0.05, 0) is 40.8 Å². The van der Waals surface area contributed by atoms with Crippen LogP contribution in [-0.4, -0.2) is 12.1 Å². The van der Waals surface area contributed by atoms with Crippen LogP contribution >= 0.6 is 34.2 Å². The van der Waals surface area contributed by atoms with E-state index in [2.05, 4.69) is 27.6 Å². The molecule has 0 radical (unpaired) electrons. The van der Waals surface area contributed by atoms with Crippen molar-refractivity contribution in [2.45, 2.75) is 6.61 Å². The van der Waals surface area contributed by atoms with E-state index in [4.69, 9.17) is 22.1 Å². The number of hydrogen-bond donors (Lipinski definition) is 1. The number of nitrogen functional groups attached to an aromatic ring is 1. The molecule has 3 nitrogen and oxygen atoms in total. The van der Waals surface area contributed by atoms with Gasteiger partial charge in [-0.15, -0.1) is 0 Å². The molecule has 1 aromatic carbocycles. The number of pyridine rings is 1. The Kier molecular flexibility index (Phi) is 3.51. The quantitative estimate of drug-likeness (QED) is 0.848. The van der Waals surface area contributed by atoms with Crippen molar-refractivity contribution in [1.29, 1.82) is 0 Å². The zero-order valence-electron chi connectivity index (χ0n) is 8.63. The van der Waals surface area contributed by atoms with Crippen molar-refractivity contribution < 1.29 is 4.74 Å². The molecule has 0 fully saturated rings.